The van der Waals surface area contributed by atoms with Gasteiger partial charge in [0.1, 0.15) is 11.6 Å². The number of para-hydroxylation sites is 1. The number of rotatable bonds is 3. The van der Waals surface area contributed by atoms with Gasteiger partial charge in [-0.15, -0.1) is 0 Å². The zero-order valence-electron chi connectivity index (χ0n) is 29.6. The first kappa shape index (κ1) is 30.2. The van der Waals surface area contributed by atoms with Crippen molar-refractivity contribution >= 4 is 32.6 Å². The summed E-state index contributed by atoms with van der Waals surface area (Å²) in [6.07, 6.45) is 0. The van der Waals surface area contributed by atoms with E-state index in [9.17, 15) is 0 Å². The summed E-state index contributed by atoms with van der Waals surface area (Å²) in [5.74, 6) is 3.14. The van der Waals surface area contributed by atoms with Crippen molar-refractivity contribution in [3.05, 3.63) is 210 Å². The van der Waals surface area contributed by atoms with Crippen molar-refractivity contribution in [2.24, 2.45) is 0 Å². The molecule has 0 fully saturated rings. The number of ether oxygens (including phenoxy) is 1. The number of aromatic nitrogens is 3. The summed E-state index contributed by atoms with van der Waals surface area (Å²) in [5.41, 5.74) is 11.6. The Morgan fingerprint density at radius 3 is 1.87 bits per heavy atom. The van der Waals surface area contributed by atoms with E-state index in [0.29, 0.717) is 5.82 Å². The molecular weight excluding hydrogens is 671 g/mol. The highest BCUT2D eigenvalue weighted by Crippen LogP contribution is 2.63. The van der Waals surface area contributed by atoms with Crippen LogP contribution in [0.2, 0.25) is 0 Å². The number of fused-ring (bicyclic) bond motifs is 15. The number of hydrogen-bond donors (Lipinski definition) is 0. The Hall–Kier alpha value is -7.30. The van der Waals surface area contributed by atoms with Gasteiger partial charge in [-0.05, 0) is 45.2 Å². The molecule has 0 N–H and O–H groups in total. The molecule has 12 rings (SSSR count). The molecule has 0 saturated carbocycles. The van der Waals surface area contributed by atoms with Crippen LogP contribution < -0.4 is 4.74 Å². The molecule has 4 heteroatoms. The molecule has 256 valence electrons. The molecule has 2 aromatic heterocycles. The standard InChI is InChI=1S/C51H31N3O/c1-3-16-33(17-4-1)43-31-46(53-50(52-43)34-18-5-2-6-19-34)54-44-30-27-32-15-7-8-20-35(32)47(44)38-28-29-42-49(48(38)54)55-45-26-14-13-25-41(45)51(42)39-23-11-9-21-36(39)37-22-10-12-24-40(37)51/h1-31H. The van der Waals surface area contributed by atoms with E-state index in [1.165, 1.54) is 38.4 Å². The fourth-order valence-corrected chi connectivity index (χ4v) is 9.44. The molecule has 0 radical (unpaired) electrons. The van der Waals surface area contributed by atoms with E-state index < -0.39 is 5.41 Å². The van der Waals surface area contributed by atoms with E-state index in [0.717, 1.165) is 61.7 Å². The SMILES string of the molecule is c1ccc(-c2cc(-n3c4ccc5ccccc5c4c4ccc5c(c43)Oc3ccccc3C53c4ccccc4-c4ccccc43)nc(-c3ccccc3)n2)cc1. The molecule has 4 nitrogen and oxygen atoms in total. The predicted octanol–water partition coefficient (Wildman–Crippen LogP) is 12.5. The highest BCUT2D eigenvalue weighted by molar-refractivity contribution is 6.22. The highest BCUT2D eigenvalue weighted by atomic mass is 16.5. The summed E-state index contributed by atoms with van der Waals surface area (Å²) >= 11 is 0. The van der Waals surface area contributed by atoms with Crippen LogP contribution in [0.15, 0.2) is 188 Å². The summed E-state index contributed by atoms with van der Waals surface area (Å²) in [6.45, 7) is 0. The van der Waals surface area contributed by atoms with E-state index in [2.05, 4.69) is 168 Å². The van der Waals surface area contributed by atoms with E-state index in [4.69, 9.17) is 14.7 Å². The third-order valence-corrected chi connectivity index (χ3v) is 11.7. The van der Waals surface area contributed by atoms with E-state index in [-0.39, 0.29) is 0 Å². The Kier molecular flexibility index (Phi) is 6.23. The maximum absolute atomic E-state index is 7.28. The van der Waals surface area contributed by atoms with Crippen molar-refractivity contribution < 1.29 is 4.74 Å². The molecule has 55 heavy (non-hydrogen) atoms. The van der Waals surface area contributed by atoms with Gasteiger partial charge in [-0.1, -0.05) is 170 Å². The van der Waals surface area contributed by atoms with Crippen molar-refractivity contribution in [2.45, 2.75) is 5.41 Å². The second-order valence-corrected chi connectivity index (χ2v) is 14.5. The molecule has 0 bridgehead atoms. The van der Waals surface area contributed by atoms with Crippen LogP contribution in [0.3, 0.4) is 0 Å². The van der Waals surface area contributed by atoms with Gasteiger partial charge in [-0.3, -0.25) is 4.57 Å². The Labute approximate surface area is 317 Å². The second kappa shape index (κ2) is 11.3. The fraction of sp³-hybridized carbons (Fsp3) is 0.0196. The molecule has 2 aliphatic rings. The third kappa shape index (κ3) is 4.11. The molecule has 0 saturated heterocycles. The summed E-state index contributed by atoms with van der Waals surface area (Å²) < 4.78 is 9.60. The molecule has 1 aliphatic carbocycles. The first-order valence-corrected chi connectivity index (χ1v) is 18.8. The second-order valence-electron chi connectivity index (χ2n) is 14.5. The number of benzene rings is 8. The van der Waals surface area contributed by atoms with Crippen molar-refractivity contribution in [1.82, 2.24) is 14.5 Å². The van der Waals surface area contributed by atoms with Crippen LogP contribution in [-0.4, -0.2) is 14.5 Å². The van der Waals surface area contributed by atoms with Gasteiger partial charge in [0.05, 0.1) is 22.1 Å². The number of nitrogens with zero attached hydrogens (tertiary/aromatic N) is 3. The van der Waals surface area contributed by atoms with Crippen LogP contribution in [0.25, 0.3) is 72.2 Å². The average molecular weight is 702 g/mol. The van der Waals surface area contributed by atoms with Gasteiger partial charge in [0, 0.05) is 39.1 Å². The van der Waals surface area contributed by atoms with Crippen molar-refractivity contribution in [3.8, 4) is 51.1 Å². The van der Waals surface area contributed by atoms with E-state index in [1.807, 2.05) is 24.3 Å². The van der Waals surface area contributed by atoms with E-state index >= 15 is 0 Å². The molecule has 0 unspecified atom stereocenters. The van der Waals surface area contributed by atoms with Crippen LogP contribution in [0.1, 0.15) is 22.3 Å². The largest absolute Gasteiger partial charge is 0.454 e. The molecule has 1 aliphatic heterocycles. The number of hydrogen-bond acceptors (Lipinski definition) is 3. The van der Waals surface area contributed by atoms with Gasteiger partial charge in [0.15, 0.2) is 11.6 Å². The Bertz CT molecular complexity index is 3080. The lowest BCUT2D eigenvalue weighted by atomic mass is 9.66. The van der Waals surface area contributed by atoms with Crippen molar-refractivity contribution in [3.63, 3.8) is 0 Å². The lowest BCUT2D eigenvalue weighted by Crippen LogP contribution is -2.32. The minimum absolute atomic E-state index is 0.592. The van der Waals surface area contributed by atoms with Crippen molar-refractivity contribution in [2.75, 3.05) is 0 Å². The highest BCUT2D eigenvalue weighted by Gasteiger charge is 2.51. The van der Waals surface area contributed by atoms with Gasteiger partial charge in [-0.25, -0.2) is 9.97 Å². The Morgan fingerprint density at radius 1 is 0.473 bits per heavy atom. The van der Waals surface area contributed by atoms with Gasteiger partial charge in [0.25, 0.3) is 0 Å². The first-order valence-electron chi connectivity index (χ1n) is 18.8. The molecule has 0 atom stereocenters. The zero-order chi connectivity index (χ0) is 36.1. The van der Waals surface area contributed by atoms with Gasteiger partial charge < -0.3 is 4.74 Å². The minimum Gasteiger partial charge on any atom is -0.454 e. The minimum atomic E-state index is -0.592. The lowest BCUT2D eigenvalue weighted by Gasteiger charge is -2.39. The molecule has 3 heterocycles. The monoisotopic (exact) mass is 701 g/mol. The quantitative estimate of drug-likeness (QED) is 0.184. The predicted molar refractivity (Wildman–Crippen MR) is 222 cm³/mol. The van der Waals surface area contributed by atoms with Crippen LogP contribution in [0, 0.1) is 0 Å². The molecule has 8 aromatic carbocycles. The van der Waals surface area contributed by atoms with Crippen LogP contribution in [0.4, 0.5) is 0 Å². The summed E-state index contributed by atoms with van der Waals surface area (Å²) in [5, 5.41) is 4.65. The topological polar surface area (TPSA) is 39.9 Å². The summed E-state index contributed by atoms with van der Waals surface area (Å²) in [4.78, 5) is 10.6. The zero-order valence-corrected chi connectivity index (χ0v) is 29.6. The van der Waals surface area contributed by atoms with Crippen LogP contribution in [0.5, 0.6) is 11.5 Å². The average Bonchev–Trinajstić information content (AvgIpc) is 3.76. The molecule has 0 amide bonds. The lowest BCUT2D eigenvalue weighted by molar-refractivity contribution is 0.440. The fourth-order valence-electron chi connectivity index (χ4n) is 9.44. The molecule has 10 aromatic rings. The van der Waals surface area contributed by atoms with Crippen LogP contribution >= 0.6 is 0 Å². The van der Waals surface area contributed by atoms with Crippen LogP contribution in [-0.2, 0) is 5.41 Å². The smallest absolute Gasteiger partial charge is 0.162 e. The Morgan fingerprint density at radius 2 is 1.11 bits per heavy atom. The van der Waals surface area contributed by atoms with Gasteiger partial charge >= 0.3 is 0 Å². The van der Waals surface area contributed by atoms with E-state index in [1.54, 1.807) is 0 Å². The summed E-state index contributed by atoms with van der Waals surface area (Å²) in [7, 11) is 0. The van der Waals surface area contributed by atoms with Gasteiger partial charge in [-0.2, -0.15) is 0 Å². The van der Waals surface area contributed by atoms with Crippen molar-refractivity contribution in [1.29, 1.82) is 0 Å². The van der Waals surface area contributed by atoms with Gasteiger partial charge in [0.2, 0.25) is 0 Å². The maximum atomic E-state index is 7.28. The Balaban J connectivity index is 1.27. The third-order valence-electron chi connectivity index (χ3n) is 11.7. The molecule has 1 spiro atoms. The first-order chi connectivity index (χ1) is 27.3. The summed E-state index contributed by atoms with van der Waals surface area (Å²) in [6, 6.07) is 66.9. The normalized spacial score (nSPS) is 13.4. The molecular formula is C51H31N3O. The maximum Gasteiger partial charge on any atom is 0.162 e.